The van der Waals surface area contributed by atoms with Crippen LogP contribution in [0.2, 0.25) is 0 Å². The summed E-state index contributed by atoms with van der Waals surface area (Å²) in [5.41, 5.74) is 4.17. The van der Waals surface area contributed by atoms with Gasteiger partial charge >= 0.3 is 0 Å². The number of Topliss-reactive ketones (excluding diaryl/α,β-unsaturated/α-hetero) is 1. The van der Waals surface area contributed by atoms with Gasteiger partial charge in [0.1, 0.15) is 5.75 Å². The maximum Gasteiger partial charge on any atom is 0.182 e. The Morgan fingerprint density at radius 1 is 1.05 bits per heavy atom. The van der Waals surface area contributed by atoms with Gasteiger partial charge in [0.15, 0.2) is 5.78 Å². The van der Waals surface area contributed by atoms with Gasteiger partial charge in [-0.15, -0.1) is 0 Å². The number of carbonyl (C=O) groups is 1. The first-order valence-electron chi connectivity index (χ1n) is 6.96. The zero-order valence-electron chi connectivity index (χ0n) is 13.0. The van der Waals surface area contributed by atoms with Crippen LogP contribution in [0.4, 0.5) is 5.69 Å². The van der Waals surface area contributed by atoms with Gasteiger partial charge in [0.25, 0.3) is 0 Å². The molecular weight excluding hydrogens is 262 g/mol. The van der Waals surface area contributed by atoms with Crippen molar-refractivity contribution in [1.82, 2.24) is 0 Å². The predicted octanol–water partition coefficient (Wildman–Crippen LogP) is 3.63. The molecule has 0 N–H and O–H groups in total. The van der Waals surface area contributed by atoms with Gasteiger partial charge in [-0.3, -0.25) is 4.79 Å². The van der Waals surface area contributed by atoms with Gasteiger partial charge < -0.3 is 9.64 Å². The summed E-state index contributed by atoms with van der Waals surface area (Å²) in [5, 5.41) is 0. The van der Waals surface area contributed by atoms with E-state index in [1.54, 1.807) is 19.2 Å². The molecule has 2 rings (SSSR count). The SMILES string of the molecule is COc1ccc(C(=O)CN(C)c2cc(C)cc(C)c2)cc1. The Hall–Kier alpha value is -2.29. The van der Waals surface area contributed by atoms with E-state index in [1.807, 2.05) is 24.1 Å². The van der Waals surface area contributed by atoms with E-state index in [2.05, 4.69) is 32.0 Å². The zero-order valence-corrected chi connectivity index (χ0v) is 13.0. The Morgan fingerprint density at radius 2 is 1.62 bits per heavy atom. The molecule has 0 atom stereocenters. The van der Waals surface area contributed by atoms with Crippen molar-refractivity contribution in [2.45, 2.75) is 13.8 Å². The fourth-order valence-corrected chi connectivity index (χ4v) is 2.35. The normalized spacial score (nSPS) is 10.3. The van der Waals surface area contributed by atoms with E-state index in [1.165, 1.54) is 11.1 Å². The van der Waals surface area contributed by atoms with Crippen molar-refractivity contribution in [1.29, 1.82) is 0 Å². The number of nitrogens with zero attached hydrogens (tertiary/aromatic N) is 1. The fourth-order valence-electron chi connectivity index (χ4n) is 2.35. The third kappa shape index (κ3) is 3.85. The van der Waals surface area contributed by atoms with Crippen LogP contribution in [-0.2, 0) is 0 Å². The van der Waals surface area contributed by atoms with E-state index >= 15 is 0 Å². The predicted molar refractivity (Wildman–Crippen MR) is 86.5 cm³/mol. The van der Waals surface area contributed by atoms with Crippen LogP contribution in [0.1, 0.15) is 21.5 Å². The Morgan fingerprint density at radius 3 is 2.14 bits per heavy atom. The highest BCUT2D eigenvalue weighted by Crippen LogP contribution is 2.18. The van der Waals surface area contributed by atoms with Crippen molar-refractivity contribution in [3.05, 3.63) is 59.2 Å². The summed E-state index contributed by atoms with van der Waals surface area (Å²) in [6.45, 7) is 4.49. The second kappa shape index (κ2) is 6.44. The second-order valence-electron chi connectivity index (χ2n) is 5.35. The molecule has 0 radical (unpaired) electrons. The maximum absolute atomic E-state index is 12.3. The van der Waals surface area contributed by atoms with Gasteiger partial charge in [0.2, 0.25) is 0 Å². The van der Waals surface area contributed by atoms with E-state index in [-0.39, 0.29) is 5.78 Å². The zero-order chi connectivity index (χ0) is 15.4. The third-order valence-corrected chi connectivity index (χ3v) is 3.44. The van der Waals surface area contributed by atoms with Gasteiger partial charge in [-0.05, 0) is 61.4 Å². The van der Waals surface area contributed by atoms with Gasteiger partial charge in [-0.2, -0.15) is 0 Å². The summed E-state index contributed by atoms with van der Waals surface area (Å²) in [7, 11) is 3.56. The highest BCUT2D eigenvalue weighted by Gasteiger charge is 2.10. The second-order valence-corrected chi connectivity index (χ2v) is 5.35. The number of methoxy groups -OCH3 is 1. The minimum absolute atomic E-state index is 0.0966. The summed E-state index contributed by atoms with van der Waals surface area (Å²) >= 11 is 0. The molecule has 0 heterocycles. The van der Waals surface area contributed by atoms with Gasteiger partial charge in [-0.1, -0.05) is 6.07 Å². The Kier molecular flexibility index (Phi) is 4.63. The molecule has 0 fully saturated rings. The number of ether oxygens (including phenoxy) is 1. The van der Waals surface area contributed by atoms with Crippen molar-refractivity contribution in [2.75, 3.05) is 25.6 Å². The molecule has 110 valence electrons. The minimum Gasteiger partial charge on any atom is -0.497 e. The first-order valence-corrected chi connectivity index (χ1v) is 6.96. The van der Waals surface area contributed by atoms with Crippen LogP contribution in [0.25, 0.3) is 0 Å². The molecule has 0 unspecified atom stereocenters. The number of hydrogen-bond acceptors (Lipinski definition) is 3. The molecule has 0 bridgehead atoms. The van der Waals surface area contributed by atoms with Crippen LogP contribution in [0.5, 0.6) is 5.75 Å². The average Bonchev–Trinajstić information content (AvgIpc) is 2.46. The minimum atomic E-state index is 0.0966. The van der Waals surface area contributed by atoms with Crippen molar-refractivity contribution in [2.24, 2.45) is 0 Å². The van der Waals surface area contributed by atoms with E-state index < -0.39 is 0 Å². The van der Waals surface area contributed by atoms with Crippen molar-refractivity contribution < 1.29 is 9.53 Å². The molecule has 0 saturated carbocycles. The summed E-state index contributed by atoms with van der Waals surface area (Å²) < 4.78 is 5.10. The van der Waals surface area contributed by atoms with Crippen LogP contribution >= 0.6 is 0 Å². The van der Waals surface area contributed by atoms with E-state index in [9.17, 15) is 4.79 Å². The highest BCUT2D eigenvalue weighted by molar-refractivity contribution is 5.99. The number of hydrogen-bond donors (Lipinski definition) is 0. The Labute approximate surface area is 126 Å². The first kappa shape index (κ1) is 15.1. The number of likely N-dealkylation sites (N-methyl/N-ethyl adjacent to an activating group) is 1. The fraction of sp³-hybridized carbons (Fsp3) is 0.278. The smallest absolute Gasteiger partial charge is 0.182 e. The van der Waals surface area contributed by atoms with Crippen molar-refractivity contribution in [3.8, 4) is 5.75 Å². The van der Waals surface area contributed by atoms with E-state index in [0.717, 1.165) is 11.4 Å². The number of aryl methyl sites for hydroxylation is 2. The number of rotatable bonds is 5. The lowest BCUT2D eigenvalue weighted by Crippen LogP contribution is -2.25. The summed E-state index contributed by atoms with van der Waals surface area (Å²) in [4.78, 5) is 14.3. The molecule has 0 amide bonds. The van der Waals surface area contributed by atoms with Crippen LogP contribution in [0, 0.1) is 13.8 Å². The molecular formula is C18H21NO2. The van der Waals surface area contributed by atoms with Crippen molar-refractivity contribution >= 4 is 11.5 Å². The topological polar surface area (TPSA) is 29.5 Å². The molecule has 21 heavy (non-hydrogen) atoms. The highest BCUT2D eigenvalue weighted by atomic mass is 16.5. The molecule has 3 nitrogen and oxygen atoms in total. The lowest BCUT2D eigenvalue weighted by Gasteiger charge is -2.19. The van der Waals surface area contributed by atoms with Crippen LogP contribution in [0.3, 0.4) is 0 Å². The number of anilines is 1. The van der Waals surface area contributed by atoms with Gasteiger partial charge in [0, 0.05) is 18.3 Å². The molecule has 0 spiro atoms. The maximum atomic E-state index is 12.3. The van der Waals surface area contributed by atoms with Crippen LogP contribution < -0.4 is 9.64 Å². The Bertz CT molecular complexity index is 612. The molecule has 2 aromatic rings. The average molecular weight is 283 g/mol. The molecule has 2 aromatic carbocycles. The van der Waals surface area contributed by atoms with Gasteiger partial charge in [-0.25, -0.2) is 0 Å². The van der Waals surface area contributed by atoms with E-state index in [0.29, 0.717) is 12.1 Å². The molecule has 0 aliphatic carbocycles. The van der Waals surface area contributed by atoms with Crippen LogP contribution in [-0.4, -0.2) is 26.5 Å². The van der Waals surface area contributed by atoms with E-state index in [4.69, 9.17) is 4.74 Å². The summed E-state index contributed by atoms with van der Waals surface area (Å²) in [6, 6.07) is 13.5. The van der Waals surface area contributed by atoms with Crippen LogP contribution in [0.15, 0.2) is 42.5 Å². The lowest BCUT2D eigenvalue weighted by atomic mass is 10.1. The standard InChI is InChI=1S/C18H21NO2/c1-13-9-14(2)11-16(10-13)19(3)12-18(20)15-5-7-17(21-4)8-6-15/h5-11H,12H2,1-4H3. The lowest BCUT2D eigenvalue weighted by molar-refractivity contribution is 0.100. The molecule has 3 heteroatoms. The first-order chi connectivity index (χ1) is 9.99. The molecule has 0 aliphatic heterocycles. The third-order valence-electron chi connectivity index (χ3n) is 3.44. The summed E-state index contributed by atoms with van der Waals surface area (Å²) in [5.74, 6) is 0.855. The molecule has 0 aromatic heterocycles. The van der Waals surface area contributed by atoms with Crippen molar-refractivity contribution in [3.63, 3.8) is 0 Å². The quantitative estimate of drug-likeness (QED) is 0.785. The number of carbonyl (C=O) groups excluding carboxylic acids is 1. The number of benzene rings is 2. The summed E-state index contributed by atoms with van der Waals surface area (Å²) in [6.07, 6.45) is 0. The Balaban J connectivity index is 2.10. The molecule has 0 saturated heterocycles. The largest absolute Gasteiger partial charge is 0.497 e. The molecule has 0 aliphatic rings. The number of ketones is 1. The monoisotopic (exact) mass is 283 g/mol. The van der Waals surface area contributed by atoms with Gasteiger partial charge in [0.05, 0.1) is 13.7 Å².